The summed E-state index contributed by atoms with van der Waals surface area (Å²) in [5, 5.41) is 8.44. The van der Waals surface area contributed by atoms with E-state index in [1.54, 1.807) is 21.6 Å². The van der Waals surface area contributed by atoms with Crippen LogP contribution in [-0.2, 0) is 4.79 Å². The SMILES string of the molecule is O=C(O)CCCCSSc1ccccc1. The van der Waals surface area contributed by atoms with E-state index in [0.717, 1.165) is 18.6 Å². The quantitative estimate of drug-likeness (QED) is 0.584. The standard InChI is InChI=1S/C11H14O2S2/c12-11(13)8-4-5-9-14-15-10-6-2-1-3-7-10/h1-3,6-7H,4-5,8-9H2,(H,12,13). The maximum absolute atomic E-state index is 10.2. The molecule has 15 heavy (non-hydrogen) atoms. The lowest BCUT2D eigenvalue weighted by molar-refractivity contribution is -0.137. The van der Waals surface area contributed by atoms with E-state index in [2.05, 4.69) is 12.1 Å². The number of aliphatic carboxylic acids is 1. The van der Waals surface area contributed by atoms with Crippen LogP contribution >= 0.6 is 21.6 Å². The average Bonchev–Trinajstić information content (AvgIpc) is 2.24. The highest BCUT2D eigenvalue weighted by Crippen LogP contribution is 2.31. The maximum Gasteiger partial charge on any atom is 0.303 e. The molecule has 0 amide bonds. The summed E-state index contributed by atoms with van der Waals surface area (Å²) in [6.07, 6.45) is 2.03. The molecule has 1 aromatic carbocycles. The molecule has 1 aromatic rings. The summed E-state index contributed by atoms with van der Waals surface area (Å²) < 4.78 is 0. The van der Waals surface area contributed by atoms with E-state index in [-0.39, 0.29) is 6.42 Å². The van der Waals surface area contributed by atoms with Crippen LogP contribution in [0.15, 0.2) is 35.2 Å². The Hall–Kier alpha value is -0.610. The molecule has 0 fully saturated rings. The smallest absolute Gasteiger partial charge is 0.303 e. The third kappa shape index (κ3) is 6.47. The van der Waals surface area contributed by atoms with Crippen LogP contribution in [0.5, 0.6) is 0 Å². The van der Waals surface area contributed by atoms with Gasteiger partial charge in [-0.15, -0.1) is 0 Å². The van der Waals surface area contributed by atoms with Crippen molar-refractivity contribution >= 4 is 27.6 Å². The fraction of sp³-hybridized carbons (Fsp3) is 0.364. The van der Waals surface area contributed by atoms with Crippen LogP contribution in [0.25, 0.3) is 0 Å². The Kier molecular flexibility index (Phi) is 6.36. The van der Waals surface area contributed by atoms with Crippen molar-refractivity contribution in [3.63, 3.8) is 0 Å². The molecule has 0 atom stereocenters. The highest BCUT2D eigenvalue weighted by molar-refractivity contribution is 8.76. The lowest BCUT2D eigenvalue weighted by Gasteiger charge is -1.99. The molecule has 0 saturated carbocycles. The number of rotatable bonds is 7. The van der Waals surface area contributed by atoms with E-state index in [9.17, 15) is 4.79 Å². The molecule has 0 unspecified atom stereocenters. The molecular weight excluding hydrogens is 228 g/mol. The molecule has 82 valence electrons. The van der Waals surface area contributed by atoms with Crippen LogP contribution in [0.3, 0.4) is 0 Å². The number of carboxylic acids is 1. The first-order valence-electron chi connectivity index (χ1n) is 4.85. The number of carbonyl (C=O) groups is 1. The second-order valence-corrected chi connectivity index (χ2v) is 5.56. The van der Waals surface area contributed by atoms with Gasteiger partial charge in [0.15, 0.2) is 0 Å². The molecule has 0 aliphatic carbocycles. The van der Waals surface area contributed by atoms with Gasteiger partial charge in [0.1, 0.15) is 0 Å². The van der Waals surface area contributed by atoms with E-state index in [1.165, 1.54) is 4.90 Å². The van der Waals surface area contributed by atoms with E-state index >= 15 is 0 Å². The third-order valence-corrected chi connectivity index (χ3v) is 4.24. The number of unbranched alkanes of at least 4 members (excludes halogenated alkanes) is 1. The fourth-order valence-corrected chi connectivity index (χ4v) is 3.18. The zero-order valence-electron chi connectivity index (χ0n) is 8.39. The van der Waals surface area contributed by atoms with E-state index < -0.39 is 5.97 Å². The zero-order valence-corrected chi connectivity index (χ0v) is 10.0. The lowest BCUT2D eigenvalue weighted by atomic mass is 10.3. The molecule has 1 rings (SSSR count). The second kappa shape index (κ2) is 7.65. The first-order chi connectivity index (χ1) is 7.29. The molecule has 1 N–H and O–H groups in total. The molecule has 0 aliphatic rings. The van der Waals surface area contributed by atoms with Crippen molar-refractivity contribution in [2.75, 3.05) is 5.75 Å². The molecule has 0 spiro atoms. The normalized spacial score (nSPS) is 10.1. The summed E-state index contributed by atoms with van der Waals surface area (Å²) >= 11 is 0. The van der Waals surface area contributed by atoms with Crippen LogP contribution in [0.1, 0.15) is 19.3 Å². The van der Waals surface area contributed by atoms with Gasteiger partial charge < -0.3 is 5.11 Å². The van der Waals surface area contributed by atoms with Gasteiger partial charge in [0, 0.05) is 17.1 Å². The van der Waals surface area contributed by atoms with E-state index in [0.29, 0.717) is 0 Å². The summed E-state index contributed by atoms with van der Waals surface area (Å²) in [5.41, 5.74) is 0. The van der Waals surface area contributed by atoms with Gasteiger partial charge in [0.05, 0.1) is 0 Å². The van der Waals surface area contributed by atoms with Gasteiger partial charge in [-0.25, -0.2) is 0 Å². The molecule has 4 heteroatoms. The minimum Gasteiger partial charge on any atom is -0.481 e. The Morgan fingerprint density at radius 2 is 1.93 bits per heavy atom. The highest BCUT2D eigenvalue weighted by atomic mass is 33.1. The largest absolute Gasteiger partial charge is 0.481 e. The molecule has 0 radical (unpaired) electrons. The monoisotopic (exact) mass is 242 g/mol. The number of carboxylic acid groups (broad SMARTS) is 1. The van der Waals surface area contributed by atoms with Gasteiger partial charge >= 0.3 is 5.97 Å². The molecule has 0 aromatic heterocycles. The molecular formula is C11H14O2S2. The first-order valence-corrected chi connectivity index (χ1v) is 7.17. The number of hydrogen-bond donors (Lipinski definition) is 1. The van der Waals surface area contributed by atoms with E-state index in [4.69, 9.17) is 5.11 Å². The molecule has 0 heterocycles. The van der Waals surface area contributed by atoms with Crippen molar-refractivity contribution in [1.29, 1.82) is 0 Å². The van der Waals surface area contributed by atoms with Crippen molar-refractivity contribution in [3.05, 3.63) is 30.3 Å². The molecule has 0 aliphatic heterocycles. The summed E-state index contributed by atoms with van der Waals surface area (Å²) in [5.74, 6) is 0.308. The van der Waals surface area contributed by atoms with Crippen molar-refractivity contribution < 1.29 is 9.90 Å². The Morgan fingerprint density at radius 3 is 2.60 bits per heavy atom. The van der Waals surface area contributed by atoms with Crippen LogP contribution in [0, 0.1) is 0 Å². The van der Waals surface area contributed by atoms with Gasteiger partial charge in [-0.05, 0) is 25.0 Å². The fourth-order valence-electron chi connectivity index (χ4n) is 1.02. The average molecular weight is 242 g/mol. The van der Waals surface area contributed by atoms with E-state index in [1.807, 2.05) is 18.2 Å². The van der Waals surface area contributed by atoms with Crippen molar-refractivity contribution in [3.8, 4) is 0 Å². The van der Waals surface area contributed by atoms with Crippen LogP contribution < -0.4 is 0 Å². The van der Waals surface area contributed by atoms with Crippen molar-refractivity contribution in [1.82, 2.24) is 0 Å². The topological polar surface area (TPSA) is 37.3 Å². The third-order valence-electron chi connectivity index (χ3n) is 1.77. The predicted molar refractivity (Wildman–Crippen MR) is 66.2 cm³/mol. The summed E-state index contributed by atoms with van der Waals surface area (Å²) in [4.78, 5) is 11.5. The Bertz CT molecular complexity index is 288. The second-order valence-electron chi connectivity index (χ2n) is 3.07. The van der Waals surface area contributed by atoms with Crippen molar-refractivity contribution in [2.24, 2.45) is 0 Å². The van der Waals surface area contributed by atoms with Crippen LogP contribution in [0.2, 0.25) is 0 Å². The maximum atomic E-state index is 10.2. The Morgan fingerprint density at radius 1 is 1.20 bits per heavy atom. The van der Waals surface area contributed by atoms with Gasteiger partial charge in [-0.1, -0.05) is 39.8 Å². The lowest BCUT2D eigenvalue weighted by Crippen LogP contribution is -1.93. The summed E-state index contributed by atoms with van der Waals surface area (Å²) in [7, 11) is 3.53. The minimum atomic E-state index is -0.698. The zero-order chi connectivity index (χ0) is 10.9. The van der Waals surface area contributed by atoms with Gasteiger partial charge in [-0.2, -0.15) is 0 Å². The van der Waals surface area contributed by atoms with Crippen LogP contribution in [0.4, 0.5) is 0 Å². The van der Waals surface area contributed by atoms with Gasteiger partial charge in [-0.3, -0.25) is 4.79 Å². The Labute approximate surface area is 97.9 Å². The molecule has 2 nitrogen and oxygen atoms in total. The predicted octanol–water partition coefficient (Wildman–Crippen LogP) is 3.68. The van der Waals surface area contributed by atoms with Crippen molar-refractivity contribution in [2.45, 2.75) is 24.2 Å². The van der Waals surface area contributed by atoms with Crippen LogP contribution in [-0.4, -0.2) is 16.8 Å². The summed E-state index contributed by atoms with van der Waals surface area (Å²) in [6, 6.07) is 10.2. The number of benzene rings is 1. The molecule has 0 saturated heterocycles. The Balaban J connectivity index is 2.00. The number of hydrogen-bond acceptors (Lipinski definition) is 3. The summed E-state index contributed by atoms with van der Waals surface area (Å²) in [6.45, 7) is 0. The minimum absolute atomic E-state index is 0.288. The highest BCUT2D eigenvalue weighted by Gasteiger charge is 1.97. The van der Waals surface area contributed by atoms with Gasteiger partial charge in [0.25, 0.3) is 0 Å². The van der Waals surface area contributed by atoms with Gasteiger partial charge in [0.2, 0.25) is 0 Å². The molecule has 0 bridgehead atoms. The first kappa shape index (κ1) is 12.5.